The summed E-state index contributed by atoms with van der Waals surface area (Å²) in [7, 11) is 0. The van der Waals surface area contributed by atoms with Gasteiger partial charge in [0.25, 0.3) is 0 Å². The molecular formula is C12H18N2O5. The predicted molar refractivity (Wildman–Crippen MR) is 68.0 cm³/mol. The highest BCUT2D eigenvalue weighted by molar-refractivity contribution is 5.66. The van der Waals surface area contributed by atoms with E-state index in [0.29, 0.717) is 25.3 Å². The van der Waals surface area contributed by atoms with Crippen LogP contribution < -0.4 is 5.43 Å². The average molecular weight is 270 g/mol. The molecule has 1 aromatic rings. The minimum atomic E-state index is -1.06. The largest absolute Gasteiger partial charge is 0.503 e. The third-order valence-electron chi connectivity index (χ3n) is 2.75. The van der Waals surface area contributed by atoms with E-state index >= 15 is 0 Å². The SMILES string of the molecule is CCN(CCO)Cc1cc(=O)c(O)cn1CC(=O)O. The van der Waals surface area contributed by atoms with Gasteiger partial charge in [0, 0.05) is 24.8 Å². The Bertz CT molecular complexity index is 497. The molecule has 0 saturated carbocycles. The summed E-state index contributed by atoms with van der Waals surface area (Å²) in [6, 6.07) is 1.22. The number of aliphatic carboxylic acids is 1. The molecule has 1 aromatic heterocycles. The molecule has 7 nitrogen and oxygen atoms in total. The van der Waals surface area contributed by atoms with Gasteiger partial charge in [-0.3, -0.25) is 14.5 Å². The molecule has 0 radical (unpaired) electrons. The number of aromatic hydroxyl groups is 1. The molecule has 7 heteroatoms. The van der Waals surface area contributed by atoms with E-state index in [1.165, 1.54) is 10.6 Å². The van der Waals surface area contributed by atoms with Gasteiger partial charge in [-0.05, 0) is 6.54 Å². The van der Waals surface area contributed by atoms with Crippen LogP contribution in [0.5, 0.6) is 5.75 Å². The van der Waals surface area contributed by atoms with Gasteiger partial charge < -0.3 is 19.9 Å². The fourth-order valence-electron chi connectivity index (χ4n) is 1.75. The van der Waals surface area contributed by atoms with Crippen LogP contribution in [0, 0.1) is 0 Å². The number of hydrogen-bond donors (Lipinski definition) is 3. The van der Waals surface area contributed by atoms with Crippen molar-refractivity contribution in [2.24, 2.45) is 0 Å². The molecule has 0 unspecified atom stereocenters. The van der Waals surface area contributed by atoms with Gasteiger partial charge in [0.1, 0.15) is 6.54 Å². The molecule has 0 atom stereocenters. The minimum Gasteiger partial charge on any atom is -0.503 e. The normalized spacial score (nSPS) is 10.9. The molecule has 19 heavy (non-hydrogen) atoms. The first kappa shape index (κ1) is 15.2. The second-order valence-electron chi connectivity index (χ2n) is 4.13. The highest BCUT2D eigenvalue weighted by atomic mass is 16.4. The summed E-state index contributed by atoms with van der Waals surface area (Å²) in [5.74, 6) is -1.54. The Hall–Kier alpha value is -1.86. The minimum absolute atomic E-state index is 0.0188. The number of nitrogens with zero attached hydrogens (tertiary/aromatic N) is 2. The maximum Gasteiger partial charge on any atom is 0.323 e. The molecule has 0 spiro atoms. The summed E-state index contributed by atoms with van der Waals surface area (Å²) in [4.78, 5) is 24.1. The molecule has 0 fully saturated rings. The molecule has 0 aromatic carbocycles. The number of hydrogen-bond acceptors (Lipinski definition) is 5. The molecule has 0 aliphatic rings. The summed E-state index contributed by atoms with van der Waals surface area (Å²) in [6.07, 6.45) is 1.12. The first-order valence-corrected chi connectivity index (χ1v) is 5.95. The highest BCUT2D eigenvalue weighted by Gasteiger charge is 2.11. The van der Waals surface area contributed by atoms with E-state index < -0.39 is 17.1 Å². The topological polar surface area (TPSA) is 103 Å². The number of carboxylic acid groups (broad SMARTS) is 1. The van der Waals surface area contributed by atoms with Crippen LogP contribution in [0.4, 0.5) is 0 Å². The summed E-state index contributed by atoms with van der Waals surface area (Å²) >= 11 is 0. The standard InChI is InChI=1S/C12H18N2O5/c1-2-13(3-4-15)6-9-5-10(16)11(17)7-14(9)8-12(18)19/h5,7,15,17H,2-4,6,8H2,1H3,(H,18,19). The number of aromatic nitrogens is 1. The molecule has 0 aliphatic carbocycles. The Balaban J connectivity index is 3.05. The Morgan fingerprint density at radius 3 is 2.68 bits per heavy atom. The summed E-state index contributed by atoms with van der Waals surface area (Å²) in [5, 5.41) is 27.1. The molecule has 0 amide bonds. The van der Waals surface area contributed by atoms with Crippen LogP contribution in [0.1, 0.15) is 12.6 Å². The fraction of sp³-hybridized carbons (Fsp3) is 0.500. The van der Waals surface area contributed by atoms with Crippen molar-refractivity contribution in [2.45, 2.75) is 20.0 Å². The van der Waals surface area contributed by atoms with Crippen molar-refractivity contribution in [3.63, 3.8) is 0 Å². The zero-order chi connectivity index (χ0) is 14.4. The lowest BCUT2D eigenvalue weighted by molar-refractivity contribution is -0.137. The smallest absolute Gasteiger partial charge is 0.323 e. The van der Waals surface area contributed by atoms with Gasteiger partial charge >= 0.3 is 5.97 Å². The van der Waals surface area contributed by atoms with Crippen molar-refractivity contribution in [1.82, 2.24) is 9.47 Å². The molecule has 1 heterocycles. The zero-order valence-corrected chi connectivity index (χ0v) is 10.7. The summed E-state index contributed by atoms with van der Waals surface area (Å²) in [5.41, 5.74) is -0.0582. The monoisotopic (exact) mass is 270 g/mol. The first-order chi connectivity index (χ1) is 8.97. The quantitative estimate of drug-likeness (QED) is 0.614. The van der Waals surface area contributed by atoms with E-state index in [1.54, 1.807) is 0 Å². The van der Waals surface area contributed by atoms with Crippen LogP contribution in [0.3, 0.4) is 0 Å². The number of aliphatic hydroxyl groups excluding tert-OH is 1. The van der Waals surface area contributed by atoms with E-state index in [4.69, 9.17) is 10.2 Å². The molecule has 0 saturated heterocycles. The van der Waals surface area contributed by atoms with Crippen LogP contribution in [0.15, 0.2) is 17.1 Å². The molecule has 0 bridgehead atoms. The molecule has 0 aliphatic heterocycles. The summed E-state index contributed by atoms with van der Waals surface area (Å²) < 4.78 is 1.32. The van der Waals surface area contributed by atoms with Crippen molar-refractivity contribution in [1.29, 1.82) is 0 Å². The zero-order valence-electron chi connectivity index (χ0n) is 10.7. The number of aliphatic hydroxyl groups is 1. The number of pyridine rings is 1. The van der Waals surface area contributed by atoms with Gasteiger partial charge in [0.15, 0.2) is 5.75 Å². The highest BCUT2D eigenvalue weighted by Crippen LogP contribution is 2.08. The van der Waals surface area contributed by atoms with E-state index in [1.807, 2.05) is 11.8 Å². The van der Waals surface area contributed by atoms with Crippen LogP contribution in [-0.2, 0) is 17.9 Å². The lowest BCUT2D eigenvalue weighted by Crippen LogP contribution is -2.29. The van der Waals surface area contributed by atoms with E-state index in [9.17, 15) is 14.7 Å². The van der Waals surface area contributed by atoms with Crippen LogP contribution in [0.2, 0.25) is 0 Å². The number of carbonyl (C=O) groups is 1. The van der Waals surface area contributed by atoms with Crippen LogP contribution >= 0.6 is 0 Å². The van der Waals surface area contributed by atoms with E-state index in [-0.39, 0.29) is 13.2 Å². The summed E-state index contributed by atoms with van der Waals surface area (Å²) in [6.45, 7) is 2.96. The molecule has 1 rings (SSSR count). The molecule has 3 N–H and O–H groups in total. The number of rotatable bonds is 7. The number of carboxylic acids is 1. The molecule has 106 valence electrons. The molecular weight excluding hydrogens is 252 g/mol. The first-order valence-electron chi connectivity index (χ1n) is 5.95. The van der Waals surface area contributed by atoms with Crippen molar-refractivity contribution in [3.05, 3.63) is 28.2 Å². The Morgan fingerprint density at radius 2 is 2.16 bits per heavy atom. The van der Waals surface area contributed by atoms with Crippen LogP contribution in [-0.4, -0.2) is 50.5 Å². The Kier molecular flexibility index (Phi) is 5.53. The second kappa shape index (κ2) is 6.91. The maximum absolute atomic E-state index is 11.4. The van der Waals surface area contributed by atoms with Crippen molar-refractivity contribution in [3.8, 4) is 5.75 Å². The Morgan fingerprint density at radius 1 is 1.47 bits per heavy atom. The van der Waals surface area contributed by atoms with Gasteiger partial charge in [-0.15, -0.1) is 0 Å². The fourth-order valence-corrected chi connectivity index (χ4v) is 1.75. The van der Waals surface area contributed by atoms with Crippen molar-refractivity contribution >= 4 is 5.97 Å². The lowest BCUT2D eigenvalue weighted by atomic mass is 10.3. The predicted octanol–water partition coefficient (Wildman–Crippen LogP) is -0.547. The van der Waals surface area contributed by atoms with Crippen molar-refractivity contribution in [2.75, 3.05) is 19.7 Å². The van der Waals surface area contributed by atoms with Gasteiger partial charge in [-0.1, -0.05) is 6.92 Å². The van der Waals surface area contributed by atoms with Crippen molar-refractivity contribution < 1.29 is 20.1 Å². The second-order valence-corrected chi connectivity index (χ2v) is 4.13. The number of likely N-dealkylation sites (N-methyl/N-ethyl adjacent to an activating group) is 1. The Labute approximate surface area is 110 Å². The van der Waals surface area contributed by atoms with Crippen LogP contribution in [0.25, 0.3) is 0 Å². The van der Waals surface area contributed by atoms with E-state index in [0.717, 1.165) is 6.20 Å². The average Bonchev–Trinajstić information content (AvgIpc) is 2.34. The van der Waals surface area contributed by atoms with E-state index in [2.05, 4.69) is 0 Å². The lowest BCUT2D eigenvalue weighted by Gasteiger charge is -2.21. The third kappa shape index (κ3) is 4.38. The van der Waals surface area contributed by atoms with Gasteiger partial charge in [0.05, 0.1) is 12.8 Å². The van der Waals surface area contributed by atoms with Gasteiger partial charge in [-0.25, -0.2) is 0 Å². The van der Waals surface area contributed by atoms with Gasteiger partial charge in [-0.2, -0.15) is 0 Å². The third-order valence-corrected chi connectivity index (χ3v) is 2.75. The van der Waals surface area contributed by atoms with Gasteiger partial charge in [0.2, 0.25) is 5.43 Å². The maximum atomic E-state index is 11.4.